The minimum atomic E-state index is -0.536. The number of carbonyl (C=O) groups excluding carboxylic acids is 4. The van der Waals surface area contributed by atoms with Crippen molar-refractivity contribution in [1.29, 1.82) is 0 Å². The number of Topliss-reactive ketones (excluding diaryl/α,β-unsaturated/α-hetero) is 4. The van der Waals surface area contributed by atoms with Crippen molar-refractivity contribution in [1.82, 2.24) is 9.97 Å². The number of ether oxygens (including phenoxy) is 3. The van der Waals surface area contributed by atoms with Crippen LogP contribution in [0.2, 0.25) is 0 Å². The molecule has 2 heterocycles. The number of ketones is 4. The molecule has 2 saturated carbocycles. The quantitative estimate of drug-likeness (QED) is 0.0941. The molecule has 0 unspecified atom stereocenters. The average Bonchev–Trinajstić information content (AvgIpc) is 4.19. The van der Waals surface area contributed by atoms with Gasteiger partial charge in [0.1, 0.15) is 34.6 Å². The number of nitrogens with zero attached hydrogens (tertiary/aromatic N) is 2. The Morgan fingerprint density at radius 3 is 1.63 bits per heavy atom. The summed E-state index contributed by atoms with van der Waals surface area (Å²) in [7, 11) is 3.00. The molecule has 4 aromatic carbocycles. The van der Waals surface area contributed by atoms with Crippen molar-refractivity contribution >= 4 is 56.3 Å². The van der Waals surface area contributed by atoms with Crippen LogP contribution in [0.3, 0.4) is 0 Å². The van der Waals surface area contributed by atoms with E-state index in [2.05, 4.69) is 15.3 Å². The smallest absolute Gasteiger partial charge is 0.166 e. The van der Waals surface area contributed by atoms with Crippen LogP contribution >= 0.6 is 0 Å². The number of fused-ring (bicyclic) bond motifs is 2. The van der Waals surface area contributed by atoms with Gasteiger partial charge in [0.25, 0.3) is 0 Å². The first kappa shape index (κ1) is 41.6. The molecule has 0 radical (unpaired) electrons. The number of pyridine rings is 2. The van der Waals surface area contributed by atoms with E-state index in [1.807, 2.05) is 0 Å². The Morgan fingerprint density at radius 2 is 1.12 bits per heavy atom. The summed E-state index contributed by atoms with van der Waals surface area (Å²) in [4.78, 5) is 57.0. The molecule has 0 amide bonds. The average molecular weight is 814 g/mol. The van der Waals surface area contributed by atoms with Gasteiger partial charge in [-0.3, -0.25) is 29.1 Å². The third-order valence-electron chi connectivity index (χ3n) is 10.7. The van der Waals surface area contributed by atoms with Crippen LogP contribution in [0.25, 0.3) is 21.8 Å². The molecule has 6 aromatic rings. The van der Waals surface area contributed by atoms with Crippen molar-refractivity contribution in [3.63, 3.8) is 0 Å². The highest BCUT2D eigenvalue weighted by Crippen LogP contribution is 2.37. The molecule has 60 heavy (non-hydrogen) atoms. The Hall–Kier alpha value is -6.56. The molecule has 2 aliphatic carbocycles. The van der Waals surface area contributed by atoms with Gasteiger partial charge in [0.2, 0.25) is 0 Å². The lowest BCUT2D eigenvalue weighted by Gasteiger charge is -2.14. The van der Waals surface area contributed by atoms with Gasteiger partial charge in [-0.15, -0.1) is 0 Å². The van der Waals surface area contributed by atoms with Gasteiger partial charge in [-0.05, 0) is 97.5 Å². The fourth-order valence-corrected chi connectivity index (χ4v) is 6.95. The standard InChI is InChI=1S/C24H23FN2O3.C24H22FNO4/c1-3-22(28)17-12-21-16(13-24(17)30-2)19(8-9-26-21)27-20-7-4-14(10-18(20)25)11-23(29)15-5-6-15;1-3-20(27)17-12-19-16(13-24(17)29-2)22(8-9-26-19)30-23-7-4-14(10-18(23)25)11-21(28)15-5-6-15/h4,7-10,12-13,15H,3,5-6,11H2,1-2H3,(H,26,27);4,7-10,12-13,15H,3,5-6,11H2,1-2H3. The Morgan fingerprint density at radius 1 is 0.600 bits per heavy atom. The lowest BCUT2D eigenvalue weighted by molar-refractivity contribution is -0.120. The van der Waals surface area contributed by atoms with E-state index in [1.165, 1.54) is 32.4 Å². The first-order valence-electron chi connectivity index (χ1n) is 20.1. The van der Waals surface area contributed by atoms with Crippen LogP contribution in [0.5, 0.6) is 23.0 Å². The maximum atomic E-state index is 14.7. The maximum Gasteiger partial charge on any atom is 0.166 e. The first-order chi connectivity index (χ1) is 29.0. The van der Waals surface area contributed by atoms with Crippen LogP contribution in [0, 0.1) is 23.5 Å². The monoisotopic (exact) mass is 813 g/mol. The number of carbonyl (C=O) groups is 4. The number of hydrogen-bond acceptors (Lipinski definition) is 10. The predicted octanol–water partition coefficient (Wildman–Crippen LogP) is 10.5. The fraction of sp³-hybridized carbons (Fsp3) is 0.292. The van der Waals surface area contributed by atoms with Crippen molar-refractivity contribution in [2.45, 2.75) is 65.2 Å². The second kappa shape index (κ2) is 18.1. The molecule has 8 rings (SSSR count). The lowest BCUT2D eigenvalue weighted by Crippen LogP contribution is -2.05. The predicted molar refractivity (Wildman–Crippen MR) is 225 cm³/mol. The maximum absolute atomic E-state index is 14.7. The molecule has 0 aliphatic heterocycles. The van der Waals surface area contributed by atoms with Crippen molar-refractivity contribution in [2.24, 2.45) is 11.8 Å². The second-order valence-corrected chi connectivity index (χ2v) is 15.0. The van der Waals surface area contributed by atoms with Crippen molar-refractivity contribution in [2.75, 3.05) is 19.5 Å². The normalized spacial score (nSPS) is 13.3. The Balaban J connectivity index is 0.000000181. The number of aromatic nitrogens is 2. The van der Waals surface area contributed by atoms with Crippen LogP contribution in [0.15, 0.2) is 85.2 Å². The van der Waals surface area contributed by atoms with E-state index in [-0.39, 0.29) is 53.6 Å². The van der Waals surface area contributed by atoms with Crippen LogP contribution < -0.4 is 19.5 Å². The number of methoxy groups -OCH3 is 2. The van der Waals surface area contributed by atoms with Crippen molar-refractivity contribution < 1.29 is 42.2 Å². The van der Waals surface area contributed by atoms with Crippen molar-refractivity contribution in [3.05, 3.63) is 119 Å². The van der Waals surface area contributed by atoms with E-state index in [0.29, 0.717) is 80.1 Å². The highest BCUT2D eigenvalue weighted by molar-refractivity contribution is 6.05. The first-order valence-corrected chi connectivity index (χ1v) is 20.1. The molecule has 2 aromatic heterocycles. The molecule has 308 valence electrons. The topological polar surface area (TPSA) is 134 Å². The lowest BCUT2D eigenvalue weighted by atomic mass is 10.0. The van der Waals surface area contributed by atoms with E-state index in [1.54, 1.807) is 80.8 Å². The van der Waals surface area contributed by atoms with Crippen LogP contribution in [0.1, 0.15) is 84.2 Å². The third kappa shape index (κ3) is 9.49. The summed E-state index contributed by atoms with van der Waals surface area (Å²) in [6.07, 6.45) is 8.15. The van der Waals surface area contributed by atoms with Crippen LogP contribution in [-0.2, 0) is 22.4 Å². The largest absolute Gasteiger partial charge is 0.496 e. The SMILES string of the molecule is CCC(=O)c1cc2nccc(Nc3ccc(CC(=O)C4CC4)cc3F)c2cc1OC.CCC(=O)c1cc2nccc(Oc3ccc(CC(=O)C4CC4)cc3F)c2cc1OC. The van der Waals surface area contributed by atoms with Gasteiger partial charge in [0.15, 0.2) is 23.1 Å². The van der Waals surface area contributed by atoms with Gasteiger partial charge >= 0.3 is 0 Å². The molecule has 10 nitrogen and oxygen atoms in total. The molecule has 0 bridgehead atoms. The molecule has 1 N–H and O–H groups in total. The zero-order chi connectivity index (χ0) is 42.5. The number of benzene rings is 4. The summed E-state index contributed by atoms with van der Waals surface area (Å²) in [5.41, 5.74) is 4.37. The molecule has 12 heteroatoms. The van der Waals surface area contributed by atoms with Gasteiger partial charge in [-0.25, -0.2) is 8.78 Å². The molecular formula is C48H45F2N3O7. The Kier molecular flexibility index (Phi) is 12.6. The second-order valence-electron chi connectivity index (χ2n) is 15.0. The molecule has 0 atom stereocenters. The third-order valence-corrected chi connectivity index (χ3v) is 10.7. The summed E-state index contributed by atoms with van der Waals surface area (Å²) >= 11 is 0. The van der Waals surface area contributed by atoms with Crippen LogP contribution in [0.4, 0.5) is 20.2 Å². The number of nitrogens with one attached hydrogen (secondary N) is 1. The molecule has 0 saturated heterocycles. The van der Waals surface area contributed by atoms with E-state index in [0.717, 1.165) is 31.1 Å². The fourth-order valence-electron chi connectivity index (χ4n) is 6.95. The van der Waals surface area contributed by atoms with Gasteiger partial charge in [-0.2, -0.15) is 0 Å². The highest BCUT2D eigenvalue weighted by Gasteiger charge is 2.30. The van der Waals surface area contributed by atoms with E-state index in [4.69, 9.17) is 14.2 Å². The molecule has 0 spiro atoms. The number of hydrogen-bond donors (Lipinski definition) is 1. The van der Waals surface area contributed by atoms with E-state index >= 15 is 0 Å². The summed E-state index contributed by atoms with van der Waals surface area (Å²) in [6.45, 7) is 3.58. The molecule has 2 aliphatic rings. The van der Waals surface area contributed by atoms with Gasteiger partial charge in [0.05, 0.1) is 42.1 Å². The molecule has 2 fully saturated rings. The Labute approximate surface area is 346 Å². The zero-order valence-corrected chi connectivity index (χ0v) is 33.9. The van der Waals surface area contributed by atoms with E-state index < -0.39 is 11.6 Å². The minimum absolute atomic E-state index is 0.0312. The summed E-state index contributed by atoms with van der Waals surface area (Å²) in [5, 5.41) is 4.43. The highest BCUT2D eigenvalue weighted by atomic mass is 19.1. The van der Waals surface area contributed by atoms with E-state index in [9.17, 15) is 28.0 Å². The van der Waals surface area contributed by atoms with Gasteiger partial charge in [-0.1, -0.05) is 26.0 Å². The summed E-state index contributed by atoms with van der Waals surface area (Å²) < 4.78 is 45.9. The van der Waals surface area contributed by atoms with Crippen LogP contribution in [-0.4, -0.2) is 47.3 Å². The summed E-state index contributed by atoms with van der Waals surface area (Å²) in [6, 6.07) is 19.6. The Bertz CT molecular complexity index is 2460. The zero-order valence-electron chi connectivity index (χ0n) is 33.9. The minimum Gasteiger partial charge on any atom is -0.496 e. The van der Waals surface area contributed by atoms with Crippen molar-refractivity contribution in [3.8, 4) is 23.0 Å². The van der Waals surface area contributed by atoms with Gasteiger partial charge in [0, 0.05) is 66.4 Å². The number of halogens is 2. The van der Waals surface area contributed by atoms with Gasteiger partial charge < -0.3 is 19.5 Å². The summed E-state index contributed by atoms with van der Waals surface area (Å²) in [5.74, 6) is 0.929. The number of rotatable bonds is 16. The molecular weight excluding hydrogens is 769 g/mol. The number of anilines is 2.